The highest BCUT2D eigenvalue weighted by molar-refractivity contribution is 6.37. The fraction of sp³-hybridized carbons (Fsp3) is 0.385. The predicted octanol–water partition coefficient (Wildman–Crippen LogP) is 2.31. The first-order chi connectivity index (χ1) is 9.49. The number of carboxylic acids is 1. The smallest absolute Gasteiger partial charge is 0.308 e. The Balaban J connectivity index is 1.92. The number of likely N-dealkylation sites (tertiary alicyclic amines) is 1. The minimum atomic E-state index is -0.879. The topological polar surface area (TPSA) is 66.8 Å². The molecule has 5 nitrogen and oxygen atoms in total. The first-order valence-corrected chi connectivity index (χ1v) is 6.82. The summed E-state index contributed by atoms with van der Waals surface area (Å²) in [6.45, 7) is 0.430. The molecule has 1 atom stereocenters. The van der Waals surface area contributed by atoms with Crippen LogP contribution in [-0.4, -0.2) is 41.6 Å². The largest absolute Gasteiger partial charge is 0.481 e. The number of ether oxygens (including phenoxy) is 1. The standard InChI is InChI=1S/C13H13Cl2NO4/c14-9-2-1-3-10(15)12(9)20-7-11(17)16-5-4-8(6-16)13(18)19/h1-3,8H,4-7H2,(H,18,19). The summed E-state index contributed by atoms with van der Waals surface area (Å²) in [5.74, 6) is -1.39. The Bertz CT molecular complexity index is 515. The maximum Gasteiger partial charge on any atom is 0.308 e. The molecule has 1 aliphatic heterocycles. The Morgan fingerprint density at radius 2 is 2.00 bits per heavy atom. The maximum atomic E-state index is 11.9. The van der Waals surface area contributed by atoms with Gasteiger partial charge in [-0.3, -0.25) is 9.59 Å². The van der Waals surface area contributed by atoms with Gasteiger partial charge in [-0.2, -0.15) is 0 Å². The van der Waals surface area contributed by atoms with E-state index in [1.165, 1.54) is 4.90 Å². The van der Waals surface area contributed by atoms with E-state index >= 15 is 0 Å². The van der Waals surface area contributed by atoms with E-state index in [0.29, 0.717) is 23.0 Å². The molecule has 1 aromatic carbocycles. The summed E-state index contributed by atoms with van der Waals surface area (Å²) in [6, 6.07) is 4.91. The van der Waals surface area contributed by atoms with Crippen LogP contribution in [0.1, 0.15) is 6.42 Å². The molecule has 7 heteroatoms. The lowest BCUT2D eigenvalue weighted by Gasteiger charge is -2.16. The molecule has 0 bridgehead atoms. The lowest BCUT2D eigenvalue weighted by molar-refractivity contribution is -0.141. The van der Waals surface area contributed by atoms with Gasteiger partial charge in [-0.05, 0) is 18.6 Å². The van der Waals surface area contributed by atoms with E-state index in [0.717, 1.165) is 0 Å². The lowest BCUT2D eigenvalue weighted by atomic mass is 10.1. The van der Waals surface area contributed by atoms with Crippen molar-refractivity contribution in [3.8, 4) is 5.75 Å². The van der Waals surface area contributed by atoms with E-state index in [2.05, 4.69) is 0 Å². The van der Waals surface area contributed by atoms with Crippen LogP contribution in [-0.2, 0) is 9.59 Å². The molecule has 1 aromatic rings. The van der Waals surface area contributed by atoms with Crippen LogP contribution in [0, 0.1) is 5.92 Å². The van der Waals surface area contributed by atoms with E-state index in [1.807, 2.05) is 0 Å². The first kappa shape index (κ1) is 14.9. The zero-order chi connectivity index (χ0) is 14.7. The van der Waals surface area contributed by atoms with Gasteiger partial charge < -0.3 is 14.7 Å². The Kier molecular flexibility index (Phi) is 4.73. The zero-order valence-corrected chi connectivity index (χ0v) is 12.0. The Hall–Kier alpha value is -1.46. The zero-order valence-electron chi connectivity index (χ0n) is 10.5. The minimum absolute atomic E-state index is 0.213. The molecule has 1 fully saturated rings. The third-order valence-corrected chi connectivity index (χ3v) is 3.74. The number of halogens is 2. The Labute approximate surface area is 126 Å². The predicted molar refractivity (Wildman–Crippen MR) is 74.3 cm³/mol. The third kappa shape index (κ3) is 3.35. The molecule has 1 heterocycles. The monoisotopic (exact) mass is 317 g/mol. The van der Waals surface area contributed by atoms with Gasteiger partial charge in [-0.15, -0.1) is 0 Å². The van der Waals surface area contributed by atoms with Crippen molar-refractivity contribution in [3.05, 3.63) is 28.2 Å². The summed E-state index contributed by atoms with van der Waals surface area (Å²) in [5, 5.41) is 9.55. The van der Waals surface area contributed by atoms with Gasteiger partial charge in [0.05, 0.1) is 16.0 Å². The molecule has 1 amide bonds. The van der Waals surface area contributed by atoms with Crippen LogP contribution in [0.4, 0.5) is 0 Å². The van der Waals surface area contributed by atoms with Crippen LogP contribution in [0.3, 0.4) is 0 Å². The van der Waals surface area contributed by atoms with E-state index < -0.39 is 11.9 Å². The first-order valence-electron chi connectivity index (χ1n) is 6.06. The summed E-state index contributed by atoms with van der Waals surface area (Å²) in [5.41, 5.74) is 0. The molecule has 0 spiro atoms. The third-order valence-electron chi connectivity index (χ3n) is 3.15. The van der Waals surface area contributed by atoms with Crippen LogP contribution >= 0.6 is 23.2 Å². The number of para-hydroxylation sites is 1. The molecule has 0 aliphatic carbocycles. The van der Waals surface area contributed by atoms with Crippen molar-refractivity contribution in [1.82, 2.24) is 4.90 Å². The number of nitrogens with zero attached hydrogens (tertiary/aromatic N) is 1. The summed E-state index contributed by atoms with van der Waals surface area (Å²) in [7, 11) is 0. The average molecular weight is 318 g/mol. The van der Waals surface area contributed by atoms with E-state index in [1.54, 1.807) is 18.2 Å². The second-order valence-corrected chi connectivity index (χ2v) is 5.32. The molecule has 1 unspecified atom stereocenters. The molecule has 0 radical (unpaired) electrons. The van der Waals surface area contributed by atoms with Crippen molar-refractivity contribution in [3.63, 3.8) is 0 Å². The van der Waals surface area contributed by atoms with Gasteiger partial charge in [0.1, 0.15) is 0 Å². The van der Waals surface area contributed by atoms with Crippen LogP contribution in [0.15, 0.2) is 18.2 Å². The van der Waals surface area contributed by atoms with Crippen molar-refractivity contribution < 1.29 is 19.4 Å². The molecule has 108 valence electrons. The highest BCUT2D eigenvalue weighted by Gasteiger charge is 2.30. The molecule has 1 aliphatic rings. The van der Waals surface area contributed by atoms with Gasteiger partial charge in [-0.25, -0.2) is 0 Å². The van der Waals surface area contributed by atoms with Gasteiger partial charge >= 0.3 is 5.97 Å². The second-order valence-electron chi connectivity index (χ2n) is 4.50. The number of carbonyl (C=O) groups excluding carboxylic acids is 1. The molecular formula is C13H13Cl2NO4. The van der Waals surface area contributed by atoms with Gasteiger partial charge in [-0.1, -0.05) is 29.3 Å². The van der Waals surface area contributed by atoms with Gasteiger partial charge in [0.25, 0.3) is 5.91 Å². The van der Waals surface area contributed by atoms with Crippen LogP contribution in [0.5, 0.6) is 5.75 Å². The quantitative estimate of drug-likeness (QED) is 0.925. The SMILES string of the molecule is O=C(O)C1CCN(C(=O)COc2c(Cl)cccc2Cl)C1. The minimum Gasteiger partial charge on any atom is -0.481 e. The number of benzene rings is 1. The molecule has 0 aromatic heterocycles. The van der Waals surface area contributed by atoms with Crippen molar-refractivity contribution in [2.45, 2.75) is 6.42 Å². The molecule has 2 rings (SSSR count). The van der Waals surface area contributed by atoms with Crippen LogP contribution < -0.4 is 4.74 Å². The number of hydrogen-bond acceptors (Lipinski definition) is 3. The molecule has 20 heavy (non-hydrogen) atoms. The lowest BCUT2D eigenvalue weighted by Crippen LogP contribution is -2.33. The normalized spacial score (nSPS) is 18.1. The van der Waals surface area contributed by atoms with Crippen LogP contribution in [0.2, 0.25) is 10.0 Å². The Morgan fingerprint density at radius 1 is 1.35 bits per heavy atom. The second kappa shape index (κ2) is 6.33. The van der Waals surface area contributed by atoms with Crippen molar-refractivity contribution in [2.75, 3.05) is 19.7 Å². The van der Waals surface area contributed by atoms with Gasteiger partial charge in [0.2, 0.25) is 0 Å². The van der Waals surface area contributed by atoms with Crippen molar-refractivity contribution in [1.29, 1.82) is 0 Å². The fourth-order valence-electron chi connectivity index (χ4n) is 2.03. The molecule has 1 N–H and O–H groups in total. The summed E-state index contributed by atoms with van der Waals surface area (Å²) >= 11 is 11.9. The number of rotatable bonds is 4. The van der Waals surface area contributed by atoms with E-state index in [9.17, 15) is 9.59 Å². The number of hydrogen-bond donors (Lipinski definition) is 1. The molecule has 0 saturated carbocycles. The van der Waals surface area contributed by atoms with Gasteiger partial charge in [0.15, 0.2) is 12.4 Å². The van der Waals surface area contributed by atoms with Crippen molar-refractivity contribution in [2.24, 2.45) is 5.92 Å². The number of amides is 1. The summed E-state index contributed by atoms with van der Waals surface area (Å²) in [4.78, 5) is 24.2. The van der Waals surface area contributed by atoms with Gasteiger partial charge in [0, 0.05) is 13.1 Å². The highest BCUT2D eigenvalue weighted by Crippen LogP contribution is 2.32. The van der Waals surface area contributed by atoms with E-state index in [-0.39, 0.29) is 24.8 Å². The van der Waals surface area contributed by atoms with Crippen LogP contribution in [0.25, 0.3) is 0 Å². The van der Waals surface area contributed by atoms with E-state index in [4.69, 9.17) is 33.0 Å². The molecule has 1 saturated heterocycles. The highest BCUT2D eigenvalue weighted by atomic mass is 35.5. The average Bonchev–Trinajstić information content (AvgIpc) is 2.87. The Morgan fingerprint density at radius 3 is 2.55 bits per heavy atom. The number of aliphatic carboxylic acids is 1. The number of carbonyl (C=O) groups is 2. The fourth-order valence-corrected chi connectivity index (χ4v) is 2.54. The number of carboxylic acid groups (broad SMARTS) is 1. The maximum absolute atomic E-state index is 11.9. The summed E-state index contributed by atoms with van der Waals surface area (Å²) < 4.78 is 5.33. The van der Waals surface area contributed by atoms with Crippen molar-refractivity contribution >= 4 is 35.1 Å². The summed E-state index contributed by atoms with van der Waals surface area (Å²) in [6.07, 6.45) is 0.466. The molecular weight excluding hydrogens is 305 g/mol.